The maximum atomic E-state index is 13.4. The van der Waals surface area contributed by atoms with Gasteiger partial charge in [0, 0.05) is 5.56 Å². The molecule has 0 spiro atoms. The number of carbonyl (C=O) groups excluding carboxylic acids is 1. The summed E-state index contributed by atoms with van der Waals surface area (Å²) in [4.78, 5) is 15.3. The highest BCUT2D eigenvalue weighted by Crippen LogP contribution is 2.19. The highest BCUT2D eigenvalue weighted by Gasteiger charge is 2.13. The van der Waals surface area contributed by atoms with Crippen LogP contribution in [0.4, 0.5) is 4.39 Å². The lowest BCUT2D eigenvalue weighted by atomic mass is 10.1. The standard InChI is InChI=1S/C13H13FN2O3/c1-3-18-12(17)7-11-15-13(16-19-11)9-5-4-8(2)10(14)6-9/h4-6H,3,7H2,1-2H3. The monoisotopic (exact) mass is 264 g/mol. The van der Waals surface area contributed by atoms with Gasteiger partial charge in [-0.1, -0.05) is 17.3 Å². The van der Waals surface area contributed by atoms with Crippen LogP contribution < -0.4 is 0 Å². The van der Waals surface area contributed by atoms with Crippen molar-refractivity contribution in [1.82, 2.24) is 10.1 Å². The molecule has 0 aliphatic carbocycles. The fourth-order valence-corrected chi connectivity index (χ4v) is 1.51. The van der Waals surface area contributed by atoms with Crippen molar-refractivity contribution >= 4 is 5.97 Å². The first-order valence-corrected chi connectivity index (χ1v) is 5.85. The molecule has 6 heteroatoms. The van der Waals surface area contributed by atoms with Gasteiger partial charge in [0.2, 0.25) is 11.7 Å². The second-order valence-corrected chi connectivity index (χ2v) is 3.96. The predicted molar refractivity (Wildman–Crippen MR) is 64.8 cm³/mol. The van der Waals surface area contributed by atoms with Crippen LogP contribution in [0.5, 0.6) is 0 Å². The van der Waals surface area contributed by atoms with Gasteiger partial charge in [0.15, 0.2) is 0 Å². The van der Waals surface area contributed by atoms with Crippen LogP contribution in [0.3, 0.4) is 0 Å². The molecule has 0 unspecified atom stereocenters. The van der Waals surface area contributed by atoms with Crippen LogP contribution >= 0.6 is 0 Å². The molecule has 100 valence electrons. The first-order chi connectivity index (χ1) is 9.10. The summed E-state index contributed by atoms with van der Waals surface area (Å²) >= 11 is 0. The summed E-state index contributed by atoms with van der Waals surface area (Å²) in [6.07, 6.45) is -0.0881. The fourth-order valence-electron chi connectivity index (χ4n) is 1.51. The lowest BCUT2D eigenvalue weighted by Crippen LogP contribution is -2.07. The highest BCUT2D eigenvalue weighted by atomic mass is 19.1. The lowest BCUT2D eigenvalue weighted by Gasteiger charge is -1.98. The van der Waals surface area contributed by atoms with Gasteiger partial charge < -0.3 is 9.26 Å². The van der Waals surface area contributed by atoms with Crippen LogP contribution in [0.1, 0.15) is 18.4 Å². The zero-order valence-corrected chi connectivity index (χ0v) is 10.6. The minimum atomic E-state index is -0.437. The number of esters is 1. The molecule has 19 heavy (non-hydrogen) atoms. The molecule has 2 rings (SSSR count). The number of benzene rings is 1. The van der Waals surface area contributed by atoms with Crippen molar-refractivity contribution in [3.63, 3.8) is 0 Å². The molecule has 0 atom stereocenters. The Morgan fingerprint density at radius 3 is 2.95 bits per heavy atom. The Hall–Kier alpha value is -2.24. The average Bonchev–Trinajstić information content (AvgIpc) is 2.81. The Morgan fingerprint density at radius 2 is 2.26 bits per heavy atom. The molecule has 1 aromatic carbocycles. The summed E-state index contributed by atoms with van der Waals surface area (Å²) in [6, 6.07) is 4.65. The van der Waals surface area contributed by atoms with Gasteiger partial charge in [-0.15, -0.1) is 0 Å². The molecular weight excluding hydrogens is 251 g/mol. The predicted octanol–water partition coefficient (Wildman–Crippen LogP) is 2.29. The molecule has 5 nitrogen and oxygen atoms in total. The second-order valence-electron chi connectivity index (χ2n) is 3.96. The SMILES string of the molecule is CCOC(=O)Cc1nc(-c2ccc(C)c(F)c2)no1. The van der Waals surface area contributed by atoms with Crippen molar-refractivity contribution in [2.45, 2.75) is 20.3 Å². The highest BCUT2D eigenvalue weighted by molar-refractivity contribution is 5.71. The minimum Gasteiger partial charge on any atom is -0.466 e. The van der Waals surface area contributed by atoms with E-state index >= 15 is 0 Å². The van der Waals surface area contributed by atoms with Crippen molar-refractivity contribution in [3.8, 4) is 11.4 Å². The summed E-state index contributed by atoms with van der Waals surface area (Å²) in [6.45, 7) is 3.68. The number of aromatic nitrogens is 2. The molecule has 0 saturated carbocycles. The average molecular weight is 264 g/mol. The summed E-state index contributed by atoms with van der Waals surface area (Å²) in [5, 5.41) is 3.71. The number of rotatable bonds is 4. The molecule has 1 aromatic heterocycles. The zero-order valence-electron chi connectivity index (χ0n) is 10.6. The fraction of sp³-hybridized carbons (Fsp3) is 0.308. The topological polar surface area (TPSA) is 65.2 Å². The summed E-state index contributed by atoms with van der Waals surface area (Å²) in [5.41, 5.74) is 1.04. The molecule has 1 heterocycles. The molecular formula is C13H13FN2O3. The van der Waals surface area contributed by atoms with Crippen LogP contribution in [0.2, 0.25) is 0 Å². The minimum absolute atomic E-state index is 0.0881. The molecule has 0 radical (unpaired) electrons. The van der Waals surface area contributed by atoms with E-state index in [1.807, 2.05) is 0 Å². The largest absolute Gasteiger partial charge is 0.466 e. The number of hydrogen-bond acceptors (Lipinski definition) is 5. The van der Waals surface area contributed by atoms with Crippen LogP contribution in [0.15, 0.2) is 22.7 Å². The third-order valence-electron chi connectivity index (χ3n) is 2.50. The first kappa shape index (κ1) is 13.2. The van der Waals surface area contributed by atoms with E-state index in [1.54, 1.807) is 26.0 Å². The van der Waals surface area contributed by atoms with Gasteiger partial charge in [0.25, 0.3) is 0 Å². The number of halogens is 1. The van der Waals surface area contributed by atoms with E-state index < -0.39 is 5.97 Å². The zero-order chi connectivity index (χ0) is 13.8. The molecule has 0 N–H and O–H groups in total. The number of hydrogen-bond donors (Lipinski definition) is 0. The molecule has 0 amide bonds. The first-order valence-electron chi connectivity index (χ1n) is 5.85. The van der Waals surface area contributed by atoms with Crippen molar-refractivity contribution in [3.05, 3.63) is 35.5 Å². The van der Waals surface area contributed by atoms with E-state index in [2.05, 4.69) is 10.1 Å². The normalized spacial score (nSPS) is 10.5. The Kier molecular flexibility index (Phi) is 3.89. The molecule has 0 bridgehead atoms. The smallest absolute Gasteiger partial charge is 0.315 e. The third-order valence-corrected chi connectivity index (χ3v) is 2.50. The van der Waals surface area contributed by atoms with Crippen LogP contribution in [-0.4, -0.2) is 22.7 Å². The van der Waals surface area contributed by atoms with Gasteiger partial charge in [-0.2, -0.15) is 4.98 Å². The van der Waals surface area contributed by atoms with Gasteiger partial charge in [-0.25, -0.2) is 4.39 Å². The van der Waals surface area contributed by atoms with Gasteiger partial charge in [0.05, 0.1) is 6.61 Å². The van der Waals surface area contributed by atoms with E-state index in [0.29, 0.717) is 17.7 Å². The Balaban J connectivity index is 2.16. The Bertz CT molecular complexity index is 595. The van der Waals surface area contributed by atoms with Crippen LogP contribution in [-0.2, 0) is 16.0 Å². The maximum absolute atomic E-state index is 13.4. The molecule has 2 aromatic rings. The van der Waals surface area contributed by atoms with Gasteiger partial charge in [0.1, 0.15) is 12.2 Å². The van der Waals surface area contributed by atoms with Crippen LogP contribution in [0.25, 0.3) is 11.4 Å². The number of ether oxygens (including phenoxy) is 1. The molecule has 0 saturated heterocycles. The van der Waals surface area contributed by atoms with Crippen molar-refractivity contribution in [1.29, 1.82) is 0 Å². The molecule has 0 aliphatic heterocycles. The quantitative estimate of drug-likeness (QED) is 0.793. The number of aryl methyl sites for hydroxylation is 1. The number of nitrogens with zero attached hydrogens (tertiary/aromatic N) is 2. The Labute approximate surface area is 109 Å². The maximum Gasteiger partial charge on any atom is 0.315 e. The van der Waals surface area contributed by atoms with E-state index in [9.17, 15) is 9.18 Å². The third kappa shape index (κ3) is 3.15. The molecule has 0 aliphatic rings. The molecule has 0 fully saturated rings. The van der Waals surface area contributed by atoms with Crippen LogP contribution in [0, 0.1) is 12.7 Å². The van der Waals surface area contributed by atoms with Gasteiger partial charge >= 0.3 is 5.97 Å². The van der Waals surface area contributed by atoms with E-state index in [-0.39, 0.29) is 24.0 Å². The van der Waals surface area contributed by atoms with Crippen molar-refractivity contribution in [2.24, 2.45) is 0 Å². The summed E-state index contributed by atoms with van der Waals surface area (Å²) in [5.74, 6) is -0.380. The van der Waals surface area contributed by atoms with Crippen molar-refractivity contribution in [2.75, 3.05) is 6.61 Å². The summed E-state index contributed by atoms with van der Waals surface area (Å²) in [7, 11) is 0. The van der Waals surface area contributed by atoms with Gasteiger partial charge in [-0.05, 0) is 25.5 Å². The second kappa shape index (κ2) is 5.60. The van der Waals surface area contributed by atoms with E-state index in [4.69, 9.17) is 9.26 Å². The summed E-state index contributed by atoms with van der Waals surface area (Å²) < 4.78 is 23.1. The van der Waals surface area contributed by atoms with Gasteiger partial charge in [-0.3, -0.25) is 4.79 Å². The van der Waals surface area contributed by atoms with E-state index in [1.165, 1.54) is 6.07 Å². The Morgan fingerprint density at radius 1 is 1.47 bits per heavy atom. The lowest BCUT2D eigenvalue weighted by molar-refractivity contribution is -0.142. The van der Waals surface area contributed by atoms with E-state index in [0.717, 1.165) is 0 Å². The number of carbonyl (C=O) groups is 1. The van der Waals surface area contributed by atoms with Crippen molar-refractivity contribution < 1.29 is 18.4 Å².